The van der Waals surface area contributed by atoms with Gasteiger partial charge in [0.05, 0.1) is 16.8 Å². The first-order valence-corrected chi connectivity index (χ1v) is 11.0. The maximum Gasteiger partial charge on any atom is 0.236 e. The van der Waals surface area contributed by atoms with Crippen LogP contribution in [0.1, 0.15) is 25.5 Å². The number of hydrogen-bond donors (Lipinski definition) is 1. The van der Waals surface area contributed by atoms with E-state index in [0.717, 1.165) is 42.5 Å². The fraction of sp³-hybridized carbons (Fsp3) is 0.412. The minimum atomic E-state index is -3.50. The Balaban J connectivity index is 1.77. The molecule has 3 rings (SSSR count). The van der Waals surface area contributed by atoms with Crippen LogP contribution < -0.4 is 10.6 Å². The lowest BCUT2D eigenvalue weighted by molar-refractivity contribution is 0.363. The van der Waals surface area contributed by atoms with Gasteiger partial charge in [-0.05, 0) is 38.8 Å². The van der Waals surface area contributed by atoms with Crippen molar-refractivity contribution < 1.29 is 8.42 Å². The second-order valence-electron chi connectivity index (χ2n) is 6.61. The van der Waals surface area contributed by atoms with Crippen molar-refractivity contribution in [2.24, 2.45) is 5.73 Å². The molecule has 1 aliphatic rings. The monoisotopic (exact) mass is 378 g/mol. The van der Waals surface area contributed by atoms with Gasteiger partial charge in [-0.3, -0.25) is 0 Å². The summed E-state index contributed by atoms with van der Waals surface area (Å²) in [6.45, 7) is 5.51. The average molecular weight is 379 g/mol. The minimum Gasteiger partial charge on any atom is -0.355 e. The van der Waals surface area contributed by atoms with Crippen LogP contribution in [0.5, 0.6) is 0 Å². The van der Waals surface area contributed by atoms with E-state index in [1.807, 2.05) is 0 Å². The highest BCUT2D eigenvalue weighted by atomic mass is 33.1. The number of piperidine rings is 1. The van der Waals surface area contributed by atoms with Gasteiger partial charge in [-0.1, -0.05) is 18.2 Å². The molecule has 2 aromatic rings. The molecule has 0 unspecified atom stereocenters. The van der Waals surface area contributed by atoms with Crippen LogP contribution in [0.3, 0.4) is 0 Å². The Bertz CT molecular complexity index is 844. The molecule has 8 heteroatoms. The van der Waals surface area contributed by atoms with E-state index in [1.165, 1.54) is 0 Å². The normalized spacial score (nSPS) is 17.5. The highest BCUT2D eigenvalue weighted by Gasteiger charge is 2.27. The topological polar surface area (TPSA) is 89.2 Å². The van der Waals surface area contributed by atoms with Crippen LogP contribution in [0.25, 0.3) is 0 Å². The van der Waals surface area contributed by atoms with E-state index in [0.29, 0.717) is 10.7 Å². The summed E-state index contributed by atoms with van der Waals surface area (Å²) in [7, 11) is -2.76. The van der Waals surface area contributed by atoms with Gasteiger partial charge in [-0.15, -0.1) is 0 Å². The molecular weight excluding hydrogens is 356 g/mol. The standard InChI is InChI=1S/C17H22N4O2S2/c1-13-16(24-25(22,23)14-6-4-3-5-7-14)19-12-15(20-13)21-10-8-17(2,18)9-11-21/h3-7,12H,8-11,18H2,1-2H3. The third-order valence-corrected chi connectivity index (χ3v) is 7.68. The number of nitrogens with zero attached hydrogens (tertiary/aromatic N) is 3. The van der Waals surface area contributed by atoms with Crippen LogP contribution in [-0.2, 0) is 8.87 Å². The van der Waals surface area contributed by atoms with Gasteiger partial charge in [0.25, 0.3) is 0 Å². The van der Waals surface area contributed by atoms with E-state index in [2.05, 4.69) is 21.8 Å². The molecule has 1 aliphatic heterocycles. The van der Waals surface area contributed by atoms with Crippen LogP contribution in [0, 0.1) is 6.92 Å². The maximum absolute atomic E-state index is 12.5. The summed E-state index contributed by atoms with van der Waals surface area (Å²) < 4.78 is 25.0. The van der Waals surface area contributed by atoms with E-state index in [1.54, 1.807) is 43.5 Å². The largest absolute Gasteiger partial charge is 0.355 e. The molecule has 25 heavy (non-hydrogen) atoms. The predicted molar refractivity (Wildman–Crippen MR) is 100 cm³/mol. The summed E-state index contributed by atoms with van der Waals surface area (Å²) in [4.78, 5) is 11.3. The molecule has 1 aromatic carbocycles. The molecule has 2 N–H and O–H groups in total. The molecule has 0 amide bonds. The molecule has 0 radical (unpaired) electrons. The smallest absolute Gasteiger partial charge is 0.236 e. The van der Waals surface area contributed by atoms with Gasteiger partial charge in [0.2, 0.25) is 8.87 Å². The van der Waals surface area contributed by atoms with Gasteiger partial charge in [0.1, 0.15) is 10.8 Å². The van der Waals surface area contributed by atoms with Crippen molar-refractivity contribution in [1.82, 2.24) is 9.97 Å². The first kappa shape index (κ1) is 18.2. The van der Waals surface area contributed by atoms with Crippen LogP contribution in [0.15, 0.2) is 46.5 Å². The first-order valence-electron chi connectivity index (χ1n) is 8.14. The predicted octanol–water partition coefficient (Wildman–Crippen LogP) is 2.58. The van der Waals surface area contributed by atoms with Crippen LogP contribution in [0.2, 0.25) is 0 Å². The summed E-state index contributed by atoms with van der Waals surface area (Å²) in [6.07, 6.45) is 3.44. The van der Waals surface area contributed by atoms with Gasteiger partial charge in [-0.2, -0.15) is 0 Å². The van der Waals surface area contributed by atoms with Crippen LogP contribution >= 0.6 is 10.8 Å². The Hall–Kier alpha value is -1.64. The van der Waals surface area contributed by atoms with Crippen molar-refractivity contribution in [3.8, 4) is 0 Å². The number of hydrogen-bond acceptors (Lipinski definition) is 7. The van der Waals surface area contributed by atoms with Gasteiger partial charge < -0.3 is 10.6 Å². The van der Waals surface area contributed by atoms with Crippen molar-refractivity contribution in [2.75, 3.05) is 18.0 Å². The molecule has 0 saturated carbocycles. The maximum atomic E-state index is 12.5. The van der Waals surface area contributed by atoms with Gasteiger partial charge in [0.15, 0.2) is 0 Å². The second kappa shape index (κ2) is 6.93. The van der Waals surface area contributed by atoms with Crippen LogP contribution in [0.4, 0.5) is 5.82 Å². The number of rotatable bonds is 4. The summed E-state index contributed by atoms with van der Waals surface area (Å²) in [5, 5.41) is 0.410. The van der Waals surface area contributed by atoms with E-state index in [9.17, 15) is 8.42 Å². The zero-order chi connectivity index (χ0) is 18.1. The SMILES string of the molecule is Cc1nc(N2CCC(C)(N)CC2)cnc1SS(=O)(=O)c1ccccc1. The third kappa shape index (κ3) is 4.31. The summed E-state index contributed by atoms with van der Waals surface area (Å²) >= 11 is 0. The number of aryl methyl sites for hydroxylation is 1. The van der Waals surface area contributed by atoms with E-state index >= 15 is 0 Å². The number of benzene rings is 1. The van der Waals surface area contributed by atoms with Crippen LogP contribution in [-0.4, -0.2) is 37.0 Å². The zero-order valence-corrected chi connectivity index (χ0v) is 16.0. The fourth-order valence-corrected chi connectivity index (χ4v) is 5.47. The number of aromatic nitrogens is 2. The number of anilines is 1. The molecule has 0 aliphatic carbocycles. The van der Waals surface area contributed by atoms with Crippen molar-refractivity contribution >= 4 is 25.5 Å². The van der Waals surface area contributed by atoms with E-state index in [4.69, 9.17) is 5.73 Å². The Kier molecular flexibility index (Phi) is 5.04. The highest BCUT2D eigenvalue weighted by Crippen LogP contribution is 2.32. The molecule has 2 heterocycles. The van der Waals surface area contributed by atoms with Crippen molar-refractivity contribution in [3.05, 3.63) is 42.2 Å². The second-order valence-corrected chi connectivity index (χ2v) is 10.4. The van der Waals surface area contributed by atoms with Crippen molar-refractivity contribution in [2.45, 2.75) is 42.1 Å². The molecule has 1 saturated heterocycles. The lowest BCUT2D eigenvalue weighted by Crippen LogP contribution is -2.48. The lowest BCUT2D eigenvalue weighted by atomic mass is 9.91. The van der Waals surface area contributed by atoms with E-state index < -0.39 is 8.87 Å². The molecule has 1 aromatic heterocycles. The quantitative estimate of drug-likeness (QED) is 0.818. The Morgan fingerprint density at radius 1 is 1.20 bits per heavy atom. The molecule has 0 bridgehead atoms. The van der Waals surface area contributed by atoms with Crippen molar-refractivity contribution in [3.63, 3.8) is 0 Å². The zero-order valence-electron chi connectivity index (χ0n) is 14.3. The molecule has 134 valence electrons. The minimum absolute atomic E-state index is 0.126. The van der Waals surface area contributed by atoms with Crippen molar-refractivity contribution in [1.29, 1.82) is 0 Å². The Labute approximate surface area is 152 Å². The third-order valence-electron chi connectivity index (χ3n) is 4.34. The Morgan fingerprint density at radius 2 is 1.84 bits per heavy atom. The molecule has 0 atom stereocenters. The average Bonchev–Trinajstić information content (AvgIpc) is 2.57. The first-order chi connectivity index (χ1) is 11.8. The Morgan fingerprint density at radius 3 is 2.44 bits per heavy atom. The molecular formula is C17H22N4O2S2. The summed E-state index contributed by atoms with van der Waals surface area (Å²) in [5.74, 6) is 0.773. The van der Waals surface area contributed by atoms with Gasteiger partial charge in [0, 0.05) is 29.4 Å². The lowest BCUT2D eigenvalue weighted by Gasteiger charge is -2.37. The number of nitrogens with two attached hydrogens (primary N) is 1. The fourth-order valence-electron chi connectivity index (χ4n) is 2.68. The summed E-state index contributed by atoms with van der Waals surface area (Å²) in [6, 6.07) is 8.36. The van der Waals surface area contributed by atoms with Gasteiger partial charge in [-0.25, -0.2) is 18.4 Å². The summed E-state index contributed by atoms with van der Waals surface area (Å²) in [5.41, 5.74) is 6.65. The molecule has 1 fully saturated rings. The molecule has 0 spiro atoms. The highest BCUT2D eigenvalue weighted by molar-refractivity contribution is 8.72. The van der Waals surface area contributed by atoms with Gasteiger partial charge >= 0.3 is 0 Å². The molecule has 6 nitrogen and oxygen atoms in total. The van der Waals surface area contributed by atoms with E-state index in [-0.39, 0.29) is 10.4 Å².